The van der Waals surface area contributed by atoms with Gasteiger partial charge in [0, 0.05) is 6.54 Å². The molecule has 20 heavy (non-hydrogen) atoms. The molecule has 0 aromatic heterocycles. The number of nitrogens with one attached hydrogen (secondary N) is 3. The van der Waals surface area contributed by atoms with Crippen LogP contribution < -0.4 is 15.0 Å². The molecule has 1 amide bonds. The molecule has 0 heterocycles. The number of carbonyl (C=O) groups excluding carboxylic acids is 1. The highest BCUT2D eigenvalue weighted by molar-refractivity contribution is 7.98. The Labute approximate surface area is 133 Å². The Bertz CT molecular complexity index is 298. The molecule has 2 atom stereocenters. The number of unbranched alkanes of at least 4 members (excludes halogenated alkanes) is 1. The minimum Gasteiger partial charge on any atom is -0.480 e. The summed E-state index contributed by atoms with van der Waals surface area (Å²) < 4.78 is 0. The number of thioether (sulfide) groups is 1. The van der Waals surface area contributed by atoms with Crippen molar-refractivity contribution in [2.24, 2.45) is 0 Å². The summed E-state index contributed by atoms with van der Waals surface area (Å²) in [6, 6.07) is -1.49. The number of aliphatic carboxylic acids is 1. The van der Waals surface area contributed by atoms with E-state index >= 15 is 0 Å². The lowest BCUT2D eigenvalue weighted by Gasteiger charge is -2.19. The maximum Gasteiger partial charge on any atom is 0.326 e. The summed E-state index contributed by atoms with van der Waals surface area (Å²) in [6.45, 7) is 0.599. The van der Waals surface area contributed by atoms with Crippen LogP contribution >= 0.6 is 35.3 Å². The molecule has 9 heteroatoms. The predicted octanol–water partition coefficient (Wildman–Crippen LogP) is 1.33. The fourth-order valence-corrected chi connectivity index (χ4v) is 2.35. The van der Waals surface area contributed by atoms with Crippen LogP contribution in [0.5, 0.6) is 0 Å². The molecule has 118 valence electrons. The zero-order valence-electron chi connectivity index (χ0n) is 11.3. The SMILES string of the molecule is CSCCC(NCl)C(=O)NC(CCCCNCl)C(=O)O. The average molecular weight is 346 g/mol. The van der Waals surface area contributed by atoms with Gasteiger partial charge in [0.25, 0.3) is 0 Å². The van der Waals surface area contributed by atoms with Gasteiger partial charge in [0.05, 0.1) is 0 Å². The number of amides is 1. The maximum absolute atomic E-state index is 11.9. The summed E-state index contributed by atoms with van der Waals surface area (Å²) in [5, 5.41) is 11.6. The van der Waals surface area contributed by atoms with Gasteiger partial charge in [0.15, 0.2) is 0 Å². The molecule has 0 bridgehead atoms. The van der Waals surface area contributed by atoms with Crippen molar-refractivity contribution in [2.75, 3.05) is 18.6 Å². The lowest BCUT2D eigenvalue weighted by molar-refractivity contribution is -0.142. The van der Waals surface area contributed by atoms with Crippen LogP contribution in [-0.2, 0) is 9.59 Å². The van der Waals surface area contributed by atoms with Gasteiger partial charge in [0.1, 0.15) is 12.1 Å². The molecule has 0 aromatic rings. The van der Waals surface area contributed by atoms with Crippen molar-refractivity contribution in [2.45, 2.75) is 37.8 Å². The van der Waals surface area contributed by atoms with E-state index in [1.165, 1.54) is 0 Å². The Morgan fingerprint density at radius 3 is 2.40 bits per heavy atom. The van der Waals surface area contributed by atoms with Crippen LogP contribution in [0.2, 0.25) is 0 Å². The van der Waals surface area contributed by atoms with Crippen molar-refractivity contribution in [3.8, 4) is 0 Å². The normalized spacial score (nSPS) is 13.8. The van der Waals surface area contributed by atoms with Crippen LogP contribution in [0.25, 0.3) is 0 Å². The van der Waals surface area contributed by atoms with E-state index in [1.54, 1.807) is 11.8 Å². The predicted molar refractivity (Wildman–Crippen MR) is 83.0 cm³/mol. The molecule has 0 saturated heterocycles. The Morgan fingerprint density at radius 2 is 1.90 bits per heavy atom. The smallest absolute Gasteiger partial charge is 0.326 e. The molecule has 0 aliphatic carbocycles. The minimum atomic E-state index is -1.05. The number of halogens is 2. The molecule has 2 unspecified atom stereocenters. The standard InChI is InChI=1S/C11H21Cl2N3O3S/c1-20-7-5-8(16-13)10(17)15-9(11(18)19)4-2-3-6-14-12/h8-9,14,16H,2-7H2,1H3,(H,15,17)(H,18,19). The van der Waals surface area contributed by atoms with Crippen LogP contribution in [0, 0.1) is 0 Å². The lowest BCUT2D eigenvalue weighted by Crippen LogP contribution is -2.48. The summed E-state index contributed by atoms with van der Waals surface area (Å²) in [4.78, 5) is 27.9. The number of carbonyl (C=O) groups is 2. The van der Waals surface area contributed by atoms with Gasteiger partial charge >= 0.3 is 5.97 Å². The molecule has 4 N–H and O–H groups in total. The zero-order valence-corrected chi connectivity index (χ0v) is 13.7. The van der Waals surface area contributed by atoms with Crippen molar-refractivity contribution in [3.63, 3.8) is 0 Å². The topological polar surface area (TPSA) is 90.5 Å². The highest BCUT2D eigenvalue weighted by Gasteiger charge is 2.24. The van der Waals surface area contributed by atoms with Crippen molar-refractivity contribution < 1.29 is 14.7 Å². The van der Waals surface area contributed by atoms with Crippen molar-refractivity contribution in [1.29, 1.82) is 0 Å². The number of hydrogen-bond acceptors (Lipinski definition) is 5. The summed E-state index contributed by atoms with van der Waals surface area (Å²) in [6.07, 6.45) is 4.22. The number of carboxylic acids is 1. The van der Waals surface area contributed by atoms with Gasteiger partial charge in [-0.3, -0.25) is 4.79 Å². The van der Waals surface area contributed by atoms with Gasteiger partial charge in [-0.25, -0.2) is 14.5 Å². The first kappa shape index (κ1) is 19.8. The van der Waals surface area contributed by atoms with E-state index in [2.05, 4.69) is 15.0 Å². The molecule has 0 radical (unpaired) electrons. The summed E-state index contributed by atoms with van der Waals surface area (Å²) in [7, 11) is 0. The first-order valence-electron chi connectivity index (χ1n) is 6.28. The Hall–Kier alpha value is -0.210. The third kappa shape index (κ3) is 8.86. The maximum atomic E-state index is 11.9. The number of rotatable bonds is 12. The third-order valence-electron chi connectivity index (χ3n) is 2.69. The highest BCUT2D eigenvalue weighted by Crippen LogP contribution is 2.05. The van der Waals surface area contributed by atoms with Gasteiger partial charge in [-0.1, -0.05) is 0 Å². The second-order valence-corrected chi connectivity index (χ2v) is 5.69. The highest BCUT2D eigenvalue weighted by atomic mass is 35.5. The summed E-state index contributed by atoms with van der Waals surface area (Å²) >= 11 is 12.4. The molecule has 0 saturated carbocycles. The largest absolute Gasteiger partial charge is 0.480 e. The van der Waals surface area contributed by atoms with Crippen molar-refractivity contribution in [1.82, 2.24) is 15.0 Å². The first-order chi connectivity index (χ1) is 9.56. The van der Waals surface area contributed by atoms with Crippen LogP contribution in [0.4, 0.5) is 0 Å². The van der Waals surface area contributed by atoms with Crippen LogP contribution in [0.1, 0.15) is 25.7 Å². The van der Waals surface area contributed by atoms with Crippen LogP contribution in [0.15, 0.2) is 0 Å². The molecular formula is C11H21Cl2N3O3S. The van der Waals surface area contributed by atoms with E-state index in [0.717, 1.165) is 12.2 Å². The van der Waals surface area contributed by atoms with Gasteiger partial charge in [-0.05, 0) is 61.2 Å². The van der Waals surface area contributed by atoms with Crippen LogP contribution in [-0.4, -0.2) is 47.6 Å². The fourth-order valence-electron chi connectivity index (χ4n) is 1.54. The molecule has 0 rings (SSSR count). The molecule has 0 aliphatic rings. The number of carboxylic acid groups (broad SMARTS) is 1. The van der Waals surface area contributed by atoms with Crippen molar-refractivity contribution in [3.05, 3.63) is 0 Å². The second-order valence-electron chi connectivity index (χ2n) is 4.22. The van der Waals surface area contributed by atoms with Crippen LogP contribution in [0.3, 0.4) is 0 Å². The van der Waals surface area contributed by atoms with Gasteiger partial charge in [0.2, 0.25) is 5.91 Å². The molecule has 6 nitrogen and oxygen atoms in total. The van der Waals surface area contributed by atoms with Gasteiger partial charge in [-0.15, -0.1) is 0 Å². The molecule has 0 spiro atoms. The minimum absolute atomic E-state index is 0.358. The molecule has 0 fully saturated rings. The van der Waals surface area contributed by atoms with E-state index < -0.39 is 24.0 Å². The van der Waals surface area contributed by atoms with E-state index in [0.29, 0.717) is 25.8 Å². The molecule has 0 aromatic carbocycles. The summed E-state index contributed by atoms with van der Waals surface area (Å²) in [5.41, 5.74) is 0. The Morgan fingerprint density at radius 1 is 1.20 bits per heavy atom. The van der Waals surface area contributed by atoms with E-state index in [9.17, 15) is 9.59 Å². The Balaban J connectivity index is 4.26. The first-order valence-corrected chi connectivity index (χ1v) is 8.43. The van der Waals surface area contributed by atoms with E-state index in [4.69, 9.17) is 28.7 Å². The average Bonchev–Trinajstić information content (AvgIpc) is 2.42. The fraction of sp³-hybridized carbons (Fsp3) is 0.818. The monoisotopic (exact) mass is 345 g/mol. The molecule has 0 aliphatic heterocycles. The lowest BCUT2D eigenvalue weighted by atomic mass is 10.1. The van der Waals surface area contributed by atoms with E-state index in [-0.39, 0.29) is 0 Å². The Kier molecular flexibility index (Phi) is 12.4. The van der Waals surface area contributed by atoms with Gasteiger partial charge < -0.3 is 10.4 Å². The molecular weight excluding hydrogens is 325 g/mol. The quantitative estimate of drug-likeness (QED) is 0.315. The summed E-state index contributed by atoms with van der Waals surface area (Å²) in [5.74, 6) is -0.677. The zero-order chi connectivity index (χ0) is 15.4. The second kappa shape index (κ2) is 12.5. The van der Waals surface area contributed by atoms with E-state index in [1.807, 2.05) is 6.26 Å². The van der Waals surface area contributed by atoms with Crippen molar-refractivity contribution >= 4 is 47.2 Å². The number of hydrogen-bond donors (Lipinski definition) is 4. The third-order valence-corrected chi connectivity index (χ3v) is 3.78. The van der Waals surface area contributed by atoms with Gasteiger partial charge in [-0.2, -0.15) is 11.8 Å².